The highest BCUT2D eigenvalue weighted by molar-refractivity contribution is 7.07. The van der Waals surface area contributed by atoms with Crippen LogP contribution < -0.4 is 4.74 Å². The van der Waals surface area contributed by atoms with E-state index in [9.17, 15) is 0 Å². The van der Waals surface area contributed by atoms with Crippen molar-refractivity contribution < 1.29 is 9.84 Å². The molecule has 0 unspecified atom stereocenters. The van der Waals surface area contributed by atoms with E-state index in [4.69, 9.17) is 9.84 Å². The van der Waals surface area contributed by atoms with Crippen molar-refractivity contribution in [1.29, 1.82) is 0 Å². The van der Waals surface area contributed by atoms with Crippen molar-refractivity contribution in [2.75, 3.05) is 0 Å². The van der Waals surface area contributed by atoms with Crippen LogP contribution in [0.3, 0.4) is 0 Å². The zero-order chi connectivity index (χ0) is 11.4. The average molecular weight is 236 g/mol. The number of hydrogen-bond acceptors (Lipinski definition) is 5. The Morgan fingerprint density at radius 1 is 1.38 bits per heavy atom. The number of aromatic nitrogens is 2. The van der Waals surface area contributed by atoms with Gasteiger partial charge in [-0.25, -0.2) is 0 Å². The van der Waals surface area contributed by atoms with Crippen molar-refractivity contribution in [3.8, 4) is 10.9 Å². The molecule has 1 N–H and O–H groups in total. The Morgan fingerprint density at radius 2 is 2.19 bits per heavy atom. The Hall–Kier alpha value is -1.46. The zero-order valence-electron chi connectivity index (χ0n) is 8.88. The molecule has 4 nitrogen and oxygen atoms in total. The number of ether oxygens (including phenoxy) is 1. The molecule has 0 amide bonds. The number of para-hydroxylation sites is 1. The summed E-state index contributed by atoms with van der Waals surface area (Å²) in [5, 5.41) is 9.65. The first-order valence-corrected chi connectivity index (χ1v) is 5.80. The number of benzene rings is 1. The van der Waals surface area contributed by atoms with Gasteiger partial charge in [-0.2, -0.15) is 9.36 Å². The third-order valence-corrected chi connectivity index (χ3v) is 2.74. The maximum Gasteiger partial charge on any atom is 0.298 e. The fourth-order valence-electron chi connectivity index (χ4n) is 1.25. The molecular weight excluding hydrogens is 224 g/mol. The fourth-order valence-corrected chi connectivity index (χ4v) is 1.88. The van der Waals surface area contributed by atoms with Gasteiger partial charge < -0.3 is 9.84 Å². The molecule has 0 spiro atoms. The molecule has 5 heteroatoms. The van der Waals surface area contributed by atoms with Gasteiger partial charge in [0.2, 0.25) is 0 Å². The molecule has 2 rings (SSSR count). The number of nitrogens with zero attached hydrogens (tertiary/aromatic N) is 2. The van der Waals surface area contributed by atoms with Crippen LogP contribution in [0.25, 0.3) is 0 Å². The number of aryl methyl sites for hydroxylation is 1. The van der Waals surface area contributed by atoms with Gasteiger partial charge in [-0.15, -0.1) is 0 Å². The molecule has 1 aromatic carbocycles. The van der Waals surface area contributed by atoms with E-state index in [-0.39, 0.29) is 6.61 Å². The molecule has 1 heterocycles. The molecule has 0 aliphatic rings. The highest BCUT2D eigenvalue weighted by Crippen LogP contribution is 2.26. The zero-order valence-corrected chi connectivity index (χ0v) is 9.70. The van der Waals surface area contributed by atoms with E-state index in [1.165, 1.54) is 11.5 Å². The summed E-state index contributed by atoms with van der Waals surface area (Å²) < 4.78 is 9.70. The number of aliphatic hydroxyl groups excluding tert-OH is 1. The Bertz CT molecular complexity index is 471. The SMILES string of the molecule is CCc1nsc(Oc2ccccc2CO)n1. The summed E-state index contributed by atoms with van der Waals surface area (Å²) in [6, 6.07) is 7.34. The van der Waals surface area contributed by atoms with Gasteiger partial charge in [0.15, 0.2) is 0 Å². The van der Waals surface area contributed by atoms with Gasteiger partial charge in [0.05, 0.1) is 6.61 Å². The molecule has 0 fully saturated rings. The lowest BCUT2D eigenvalue weighted by atomic mass is 10.2. The van der Waals surface area contributed by atoms with Crippen LogP contribution >= 0.6 is 11.5 Å². The smallest absolute Gasteiger partial charge is 0.298 e. The maximum absolute atomic E-state index is 9.14. The van der Waals surface area contributed by atoms with Crippen molar-refractivity contribution in [3.63, 3.8) is 0 Å². The van der Waals surface area contributed by atoms with Gasteiger partial charge in [0.1, 0.15) is 11.6 Å². The molecule has 1 aromatic heterocycles. The molecule has 0 atom stereocenters. The van der Waals surface area contributed by atoms with Crippen LogP contribution in [0.2, 0.25) is 0 Å². The summed E-state index contributed by atoms with van der Waals surface area (Å²) >= 11 is 1.22. The fraction of sp³-hybridized carbons (Fsp3) is 0.273. The summed E-state index contributed by atoms with van der Waals surface area (Å²) in [5.41, 5.74) is 0.746. The van der Waals surface area contributed by atoms with Crippen LogP contribution in [0, 0.1) is 0 Å². The minimum atomic E-state index is -0.0460. The highest BCUT2D eigenvalue weighted by atomic mass is 32.1. The molecular formula is C11H12N2O2S. The van der Waals surface area contributed by atoms with Crippen molar-refractivity contribution in [2.45, 2.75) is 20.0 Å². The monoisotopic (exact) mass is 236 g/mol. The van der Waals surface area contributed by atoms with Gasteiger partial charge in [0.25, 0.3) is 5.19 Å². The predicted molar refractivity (Wildman–Crippen MR) is 61.7 cm³/mol. The lowest BCUT2D eigenvalue weighted by Gasteiger charge is -2.05. The second-order valence-electron chi connectivity index (χ2n) is 3.20. The summed E-state index contributed by atoms with van der Waals surface area (Å²) in [4.78, 5) is 4.20. The van der Waals surface area contributed by atoms with Crippen LogP contribution in [0.1, 0.15) is 18.3 Å². The molecule has 16 heavy (non-hydrogen) atoms. The van der Waals surface area contributed by atoms with E-state index in [1.807, 2.05) is 25.1 Å². The van der Waals surface area contributed by atoms with Gasteiger partial charge in [-0.1, -0.05) is 25.1 Å². The van der Waals surface area contributed by atoms with E-state index in [2.05, 4.69) is 9.36 Å². The number of rotatable bonds is 4. The molecule has 0 saturated carbocycles. The largest absolute Gasteiger partial charge is 0.429 e. The highest BCUT2D eigenvalue weighted by Gasteiger charge is 2.07. The normalized spacial score (nSPS) is 10.4. The average Bonchev–Trinajstić information content (AvgIpc) is 2.77. The standard InChI is InChI=1S/C11H12N2O2S/c1-2-10-12-11(16-13-10)15-9-6-4-3-5-8(9)7-14/h3-6,14H,2,7H2,1H3. The van der Waals surface area contributed by atoms with Gasteiger partial charge in [-0.3, -0.25) is 0 Å². The molecule has 0 bridgehead atoms. The second-order valence-corrected chi connectivity index (χ2v) is 3.91. The van der Waals surface area contributed by atoms with E-state index in [0.29, 0.717) is 10.9 Å². The van der Waals surface area contributed by atoms with Crippen LogP contribution in [0.15, 0.2) is 24.3 Å². The minimum Gasteiger partial charge on any atom is -0.429 e. The van der Waals surface area contributed by atoms with Crippen LogP contribution in [0.4, 0.5) is 0 Å². The predicted octanol–water partition coefficient (Wildman–Crippen LogP) is 2.39. The third kappa shape index (κ3) is 2.37. The Morgan fingerprint density at radius 3 is 2.88 bits per heavy atom. The number of aliphatic hydroxyl groups is 1. The topological polar surface area (TPSA) is 55.2 Å². The number of hydrogen-bond donors (Lipinski definition) is 1. The quantitative estimate of drug-likeness (QED) is 0.885. The minimum absolute atomic E-state index is 0.0460. The van der Waals surface area contributed by atoms with E-state index in [1.54, 1.807) is 6.07 Å². The molecule has 0 aliphatic heterocycles. The van der Waals surface area contributed by atoms with Crippen LogP contribution in [0.5, 0.6) is 10.9 Å². The summed E-state index contributed by atoms with van der Waals surface area (Å²) in [6.07, 6.45) is 0.793. The van der Waals surface area contributed by atoms with Crippen molar-refractivity contribution in [3.05, 3.63) is 35.7 Å². The molecule has 0 radical (unpaired) electrons. The third-order valence-electron chi connectivity index (χ3n) is 2.11. The van der Waals surface area contributed by atoms with Gasteiger partial charge in [0, 0.05) is 23.5 Å². The van der Waals surface area contributed by atoms with Crippen molar-refractivity contribution in [2.24, 2.45) is 0 Å². The lowest BCUT2D eigenvalue weighted by Crippen LogP contribution is -1.91. The maximum atomic E-state index is 9.14. The van der Waals surface area contributed by atoms with E-state index >= 15 is 0 Å². The first-order valence-electron chi connectivity index (χ1n) is 5.02. The van der Waals surface area contributed by atoms with Crippen LogP contribution in [-0.2, 0) is 13.0 Å². The second kappa shape index (κ2) is 5.05. The summed E-state index contributed by atoms with van der Waals surface area (Å²) in [7, 11) is 0. The van der Waals surface area contributed by atoms with Gasteiger partial charge in [-0.05, 0) is 6.07 Å². The molecule has 0 saturated heterocycles. The van der Waals surface area contributed by atoms with Crippen molar-refractivity contribution >= 4 is 11.5 Å². The van der Waals surface area contributed by atoms with E-state index < -0.39 is 0 Å². The molecule has 84 valence electrons. The Balaban J connectivity index is 2.19. The Kier molecular flexibility index (Phi) is 3.48. The molecule has 2 aromatic rings. The van der Waals surface area contributed by atoms with Crippen molar-refractivity contribution in [1.82, 2.24) is 9.36 Å². The lowest BCUT2D eigenvalue weighted by molar-refractivity contribution is 0.276. The van der Waals surface area contributed by atoms with E-state index in [0.717, 1.165) is 17.8 Å². The Labute approximate surface area is 97.7 Å². The van der Waals surface area contributed by atoms with Crippen LogP contribution in [-0.4, -0.2) is 14.5 Å². The first kappa shape index (κ1) is 11.0. The molecule has 0 aliphatic carbocycles. The summed E-state index contributed by atoms with van der Waals surface area (Å²) in [6.45, 7) is 1.95. The van der Waals surface area contributed by atoms with Gasteiger partial charge >= 0.3 is 0 Å². The first-order chi connectivity index (χ1) is 7.83. The summed E-state index contributed by atoms with van der Waals surface area (Å²) in [5.74, 6) is 1.41.